The van der Waals surface area contributed by atoms with E-state index in [1.807, 2.05) is 37.3 Å². The van der Waals surface area contributed by atoms with E-state index in [0.717, 1.165) is 5.56 Å². The van der Waals surface area contributed by atoms with E-state index in [1.165, 1.54) is 25.3 Å². The van der Waals surface area contributed by atoms with E-state index in [4.69, 9.17) is 4.74 Å². The zero-order valence-corrected chi connectivity index (χ0v) is 14.6. The van der Waals surface area contributed by atoms with Crippen LogP contribution in [0.15, 0.2) is 54.6 Å². The van der Waals surface area contributed by atoms with Crippen molar-refractivity contribution in [1.82, 2.24) is 5.32 Å². The molecule has 0 saturated carbocycles. The molecule has 0 bridgehead atoms. The lowest BCUT2D eigenvalue weighted by Gasteiger charge is -2.13. The van der Waals surface area contributed by atoms with Gasteiger partial charge in [0, 0.05) is 18.2 Å². The zero-order chi connectivity index (χ0) is 18.9. The van der Waals surface area contributed by atoms with Gasteiger partial charge in [-0.1, -0.05) is 49.4 Å². The molecule has 0 spiro atoms. The number of para-hydroxylation sites is 1. The van der Waals surface area contributed by atoms with E-state index in [0.29, 0.717) is 12.1 Å². The molecule has 1 unspecified atom stereocenters. The smallest absolute Gasteiger partial charge is 0.387 e. The number of benzene rings is 2. The van der Waals surface area contributed by atoms with E-state index in [-0.39, 0.29) is 23.3 Å². The van der Waals surface area contributed by atoms with Crippen molar-refractivity contribution in [3.63, 3.8) is 0 Å². The number of alkyl halides is 2. The highest BCUT2D eigenvalue weighted by Gasteiger charge is 2.14. The zero-order valence-electron chi connectivity index (χ0n) is 14.6. The van der Waals surface area contributed by atoms with Gasteiger partial charge in [-0.25, -0.2) is 0 Å². The Morgan fingerprint density at radius 3 is 2.54 bits per heavy atom. The van der Waals surface area contributed by atoms with Gasteiger partial charge in [-0.05, 0) is 23.6 Å². The largest absolute Gasteiger partial charge is 0.493 e. The average Bonchev–Trinajstić information content (AvgIpc) is 2.65. The summed E-state index contributed by atoms with van der Waals surface area (Å²) in [5, 5.41) is 2.79. The van der Waals surface area contributed by atoms with Gasteiger partial charge in [-0.15, -0.1) is 0 Å². The van der Waals surface area contributed by atoms with Gasteiger partial charge in [0.15, 0.2) is 11.5 Å². The fourth-order valence-electron chi connectivity index (χ4n) is 2.42. The molecule has 4 nitrogen and oxygen atoms in total. The van der Waals surface area contributed by atoms with E-state index in [2.05, 4.69) is 10.1 Å². The molecule has 2 aromatic rings. The van der Waals surface area contributed by atoms with Gasteiger partial charge < -0.3 is 14.8 Å². The molecule has 26 heavy (non-hydrogen) atoms. The number of rotatable bonds is 8. The van der Waals surface area contributed by atoms with Crippen LogP contribution < -0.4 is 14.8 Å². The third kappa shape index (κ3) is 5.58. The lowest BCUT2D eigenvalue weighted by atomic mass is 10.0. The van der Waals surface area contributed by atoms with Crippen LogP contribution >= 0.6 is 0 Å². The Kier molecular flexibility index (Phi) is 7.14. The SMILES string of the molecule is COc1cccc(/C=C/C(=O)NCC(C)c2ccccc2)c1OC(F)F. The van der Waals surface area contributed by atoms with Gasteiger partial charge in [-0.2, -0.15) is 8.78 Å². The van der Waals surface area contributed by atoms with Crippen molar-refractivity contribution in [2.75, 3.05) is 13.7 Å². The number of hydrogen-bond donors (Lipinski definition) is 1. The second kappa shape index (κ2) is 9.56. The molecule has 2 aromatic carbocycles. The maximum absolute atomic E-state index is 12.6. The van der Waals surface area contributed by atoms with Crippen LogP contribution in [0.4, 0.5) is 8.78 Å². The topological polar surface area (TPSA) is 47.6 Å². The quantitative estimate of drug-likeness (QED) is 0.716. The van der Waals surface area contributed by atoms with Crippen LogP contribution in [0.5, 0.6) is 11.5 Å². The number of carbonyl (C=O) groups excluding carboxylic acids is 1. The van der Waals surface area contributed by atoms with Gasteiger partial charge in [-0.3, -0.25) is 4.79 Å². The summed E-state index contributed by atoms with van der Waals surface area (Å²) < 4.78 is 34.8. The molecule has 0 radical (unpaired) electrons. The highest BCUT2D eigenvalue weighted by atomic mass is 19.3. The number of carbonyl (C=O) groups is 1. The predicted molar refractivity (Wildman–Crippen MR) is 96.5 cm³/mol. The lowest BCUT2D eigenvalue weighted by molar-refractivity contribution is -0.116. The molecule has 0 fully saturated rings. The normalized spacial score (nSPS) is 12.2. The molecular weight excluding hydrogens is 340 g/mol. The first-order chi connectivity index (χ1) is 12.5. The summed E-state index contributed by atoms with van der Waals surface area (Å²) in [6, 6.07) is 14.5. The van der Waals surface area contributed by atoms with Crippen molar-refractivity contribution in [2.45, 2.75) is 19.5 Å². The molecule has 2 rings (SSSR count). The molecular formula is C20H21F2NO3. The average molecular weight is 361 g/mol. The minimum atomic E-state index is -2.99. The molecule has 0 aromatic heterocycles. The van der Waals surface area contributed by atoms with Gasteiger partial charge in [0.1, 0.15) is 0 Å². The standard InChI is InChI=1S/C20H21F2NO3/c1-14(15-7-4-3-5-8-15)13-23-18(24)12-11-16-9-6-10-17(25-2)19(16)26-20(21)22/h3-12,14,20H,13H2,1-2H3,(H,23,24)/b12-11+. The van der Waals surface area contributed by atoms with Crippen LogP contribution in [0.25, 0.3) is 6.08 Å². The van der Waals surface area contributed by atoms with Gasteiger partial charge in [0.25, 0.3) is 0 Å². The molecule has 0 heterocycles. The summed E-state index contributed by atoms with van der Waals surface area (Å²) in [4.78, 5) is 12.0. The highest BCUT2D eigenvalue weighted by Crippen LogP contribution is 2.33. The molecule has 0 saturated heterocycles. The summed E-state index contributed by atoms with van der Waals surface area (Å²) in [5.41, 5.74) is 1.45. The molecule has 6 heteroatoms. The summed E-state index contributed by atoms with van der Waals surface area (Å²) in [7, 11) is 1.36. The molecule has 0 aliphatic carbocycles. The number of hydrogen-bond acceptors (Lipinski definition) is 3. The Hall–Kier alpha value is -2.89. The van der Waals surface area contributed by atoms with Crippen molar-refractivity contribution < 1.29 is 23.0 Å². The van der Waals surface area contributed by atoms with Crippen molar-refractivity contribution in [3.05, 3.63) is 65.7 Å². The number of nitrogens with one attached hydrogen (secondary N) is 1. The van der Waals surface area contributed by atoms with Crippen molar-refractivity contribution in [2.24, 2.45) is 0 Å². The Balaban J connectivity index is 2.01. The fourth-order valence-corrected chi connectivity index (χ4v) is 2.42. The lowest BCUT2D eigenvalue weighted by Crippen LogP contribution is -2.25. The number of halogens is 2. The Morgan fingerprint density at radius 2 is 1.88 bits per heavy atom. The minimum absolute atomic E-state index is 0.105. The summed E-state index contributed by atoms with van der Waals surface area (Å²) in [5.74, 6) is -0.0982. The first-order valence-electron chi connectivity index (χ1n) is 8.14. The van der Waals surface area contributed by atoms with E-state index in [9.17, 15) is 13.6 Å². The van der Waals surface area contributed by atoms with Crippen LogP contribution in [-0.2, 0) is 4.79 Å². The van der Waals surface area contributed by atoms with Gasteiger partial charge >= 0.3 is 6.61 Å². The first kappa shape index (κ1) is 19.4. The van der Waals surface area contributed by atoms with E-state index in [1.54, 1.807) is 12.1 Å². The van der Waals surface area contributed by atoms with Crippen molar-refractivity contribution in [1.29, 1.82) is 0 Å². The van der Waals surface area contributed by atoms with Crippen LogP contribution in [-0.4, -0.2) is 26.2 Å². The second-order valence-corrected chi connectivity index (χ2v) is 5.65. The molecule has 0 aliphatic rings. The van der Waals surface area contributed by atoms with E-state index < -0.39 is 6.61 Å². The van der Waals surface area contributed by atoms with Crippen LogP contribution in [0, 0.1) is 0 Å². The number of ether oxygens (including phenoxy) is 2. The predicted octanol–water partition coefficient (Wildman–Crippen LogP) is 4.23. The van der Waals surface area contributed by atoms with Crippen molar-refractivity contribution in [3.8, 4) is 11.5 Å². The van der Waals surface area contributed by atoms with Crippen LogP contribution in [0.2, 0.25) is 0 Å². The third-order valence-electron chi connectivity index (χ3n) is 3.80. The molecule has 1 N–H and O–H groups in total. The van der Waals surface area contributed by atoms with E-state index >= 15 is 0 Å². The molecule has 0 aliphatic heterocycles. The Bertz CT molecular complexity index is 748. The number of methoxy groups -OCH3 is 1. The van der Waals surface area contributed by atoms with Gasteiger partial charge in [0.2, 0.25) is 5.91 Å². The molecule has 1 amide bonds. The third-order valence-corrected chi connectivity index (χ3v) is 3.80. The monoisotopic (exact) mass is 361 g/mol. The first-order valence-corrected chi connectivity index (χ1v) is 8.14. The maximum atomic E-state index is 12.6. The summed E-state index contributed by atoms with van der Waals surface area (Å²) >= 11 is 0. The minimum Gasteiger partial charge on any atom is -0.493 e. The summed E-state index contributed by atoms with van der Waals surface area (Å²) in [6.07, 6.45) is 2.70. The second-order valence-electron chi connectivity index (χ2n) is 5.65. The number of amides is 1. The van der Waals surface area contributed by atoms with Gasteiger partial charge in [0.05, 0.1) is 7.11 Å². The molecule has 1 atom stereocenters. The van der Waals surface area contributed by atoms with Crippen LogP contribution in [0.3, 0.4) is 0 Å². The Labute approximate surface area is 151 Å². The maximum Gasteiger partial charge on any atom is 0.387 e. The highest BCUT2D eigenvalue weighted by molar-refractivity contribution is 5.92. The van der Waals surface area contributed by atoms with Crippen LogP contribution in [0.1, 0.15) is 24.0 Å². The fraction of sp³-hybridized carbons (Fsp3) is 0.250. The Morgan fingerprint density at radius 1 is 1.15 bits per heavy atom. The van der Waals surface area contributed by atoms with Crippen molar-refractivity contribution >= 4 is 12.0 Å². The summed E-state index contributed by atoms with van der Waals surface area (Å²) in [6.45, 7) is -0.513. The molecule has 138 valence electrons.